The van der Waals surface area contributed by atoms with E-state index in [0.717, 1.165) is 28.6 Å². The number of aryl methyl sites for hydroxylation is 1. The van der Waals surface area contributed by atoms with Crippen LogP contribution in [0.4, 0.5) is 0 Å². The summed E-state index contributed by atoms with van der Waals surface area (Å²) in [6.07, 6.45) is 5.01. The maximum absolute atomic E-state index is 5.99. The van der Waals surface area contributed by atoms with Gasteiger partial charge < -0.3 is 0 Å². The van der Waals surface area contributed by atoms with Crippen molar-refractivity contribution >= 4 is 43.5 Å². The summed E-state index contributed by atoms with van der Waals surface area (Å²) in [6, 6.07) is 8.11. The van der Waals surface area contributed by atoms with Crippen molar-refractivity contribution in [3.63, 3.8) is 0 Å². The Morgan fingerprint density at radius 1 is 1.20 bits per heavy atom. The van der Waals surface area contributed by atoms with Gasteiger partial charge in [0.25, 0.3) is 0 Å². The molecule has 0 N–H and O–H groups in total. The first-order valence-corrected chi connectivity index (χ1v) is 9.15. The van der Waals surface area contributed by atoms with Crippen LogP contribution in [0.25, 0.3) is 0 Å². The Morgan fingerprint density at radius 2 is 1.85 bits per heavy atom. The average molecular weight is 421 g/mol. The van der Waals surface area contributed by atoms with E-state index < -0.39 is 0 Å². The highest BCUT2D eigenvalue weighted by atomic mass is 79.9. The standard InChI is InChI=1S/C15H17Br2ClN2/c1-2-20-9-12(8-19-20)7-15(10-16,11-17)13-3-5-14(18)6-4-13/h3-6,8-9H,2,7,10-11H2,1H3. The van der Waals surface area contributed by atoms with Crippen LogP contribution < -0.4 is 0 Å². The summed E-state index contributed by atoms with van der Waals surface area (Å²) in [5.74, 6) is 0. The molecular formula is C15H17Br2ClN2. The molecule has 0 saturated carbocycles. The minimum Gasteiger partial charge on any atom is -0.273 e. The zero-order chi connectivity index (χ0) is 14.6. The van der Waals surface area contributed by atoms with E-state index in [-0.39, 0.29) is 5.41 Å². The summed E-state index contributed by atoms with van der Waals surface area (Å²) in [7, 11) is 0. The molecule has 1 aromatic heterocycles. The predicted molar refractivity (Wildman–Crippen MR) is 92.3 cm³/mol. The lowest BCUT2D eigenvalue weighted by atomic mass is 9.80. The quantitative estimate of drug-likeness (QED) is 0.612. The molecule has 5 heteroatoms. The molecular weight excluding hydrogens is 403 g/mol. The molecule has 1 aromatic carbocycles. The molecule has 0 radical (unpaired) electrons. The Morgan fingerprint density at radius 3 is 2.35 bits per heavy atom. The summed E-state index contributed by atoms with van der Waals surface area (Å²) in [5.41, 5.74) is 2.53. The molecule has 0 aliphatic rings. The van der Waals surface area contributed by atoms with Crippen LogP contribution in [-0.2, 0) is 18.4 Å². The Bertz CT molecular complexity index is 547. The number of aromatic nitrogens is 2. The molecule has 1 heterocycles. The maximum atomic E-state index is 5.99. The van der Waals surface area contributed by atoms with Gasteiger partial charge in [0.1, 0.15) is 0 Å². The topological polar surface area (TPSA) is 17.8 Å². The van der Waals surface area contributed by atoms with Gasteiger partial charge in [-0.05, 0) is 36.6 Å². The first kappa shape index (κ1) is 16.1. The lowest BCUT2D eigenvalue weighted by molar-refractivity contribution is 0.550. The zero-order valence-corrected chi connectivity index (χ0v) is 15.2. The summed E-state index contributed by atoms with van der Waals surface area (Å²) in [5, 5.41) is 6.89. The number of halogens is 3. The normalized spacial score (nSPS) is 11.8. The summed E-state index contributed by atoms with van der Waals surface area (Å²) < 4.78 is 1.96. The van der Waals surface area contributed by atoms with Gasteiger partial charge in [0.2, 0.25) is 0 Å². The van der Waals surface area contributed by atoms with E-state index in [9.17, 15) is 0 Å². The molecule has 2 aromatic rings. The second-order valence-corrected chi connectivity index (χ2v) is 6.49. The first-order valence-electron chi connectivity index (χ1n) is 6.53. The number of rotatable bonds is 6. The highest BCUT2D eigenvalue weighted by molar-refractivity contribution is 9.09. The second-order valence-electron chi connectivity index (χ2n) is 4.94. The molecule has 0 amide bonds. The van der Waals surface area contributed by atoms with Crippen LogP contribution in [0, 0.1) is 0 Å². The van der Waals surface area contributed by atoms with Gasteiger partial charge in [-0.1, -0.05) is 55.6 Å². The fraction of sp³-hybridized carbons (Fsp3) is 0.400. The molecule has 0 unspecified atom stereocenters. The van der Waals surface area contributed by atoms with Crippen molar-refractivity contribution in [3.8, 4) is 0 Å². The van der Waals surface area contributed by atoms with Crippen LogP contribution >= 0.6 is 43.5 Å². The molecule has 2 rings (SSSR count). The van der Waals surface area contributed by atoms with Crippen LogP contribution in [0.5, 0.6) is 0 Å². The summed E-state index contributed by atoms with van der Waals surface area (Å²) in [4.78, 5) is 0. The molecule has 0 bridgehead atoms. The molecule has 20 heavy (non-hydrogen) atoms. The predicted octanol–water partition coefficient (Wildman–Crippen LogP) is 4.83. The number of benzene rings is 1. The van der Waals surface area contributed by atoms with E-state index in [1.165, 1.54) is 11.1 Å². The smallest absolute Gasteiger partial charge is 0.0522 e. The SMILES string of the molecule is CCn1cc(CC(CBr)(CBr)c2ccc(Cl)cc2)cn1. The molecule has 0 atom stereocenters. The molecule has 0 aliphatic heterocycles. The summed E-state index contributed by atoms with van der Waals surface area (Å²) >= 11 is 13.4. The molecule has 0 spiro atoms. The van der Waals surface area contributed by atoms with Crippen molar-refractivity contribution in [3.05, 3.63) is 52.8 Å². The lowest BCUT2D eigenvalue weighted by Gasteiger charge is -2.30. The van der Waals surface area contributed by atoms with Crippen molar-refractivity contribution < 1.29 is 0 Å². The fourth-order valence-electron chi connectivity index (χ4n) is 2.25. The van der Waals surface area contributed by atoms with Crippen LogP contribution in [-0.4, -0.2) is 20.4 Å². The van der Waals surface area contributed by atoms with Crippen molar-refractivity contribution in [2.75, 3.05) is 10.7 Å². The van der Waals surface area contributed by atoms with E-state index in [1.54, 1.807) is 0 Å². The third-order valence-electron chi connectivity index (χ3n) is 3.52. The van der Waals surface area contributed by atoms with E-state index >= 15 is 0 Å². The Balaban J connectivity index is 2.31. The molecule has 0 fully saturated rings. The van der Waals surface area contributed by atoms with Gasteiger partial charge in [-0.25, -0.2) is 0 Å². The third-order valence-corrected chi connectivity index (χ3v) is 5.92. The second kappa shape index (κ2) is 7.10. The van der Waals surface area contributed by atoms with Crippen molar-refractivity contribution in [2.24, 2.45) is 0 Å². The van der Waals surface area contributed by atoms with Crippen LogP contribution in [0.2, 0.25) is 5.02 Å². The van der Waals surface area contributed by atoms with Gasteiger partial charge in [0, 0.05) is 33.8 Å². The van der Waals surface area contributed by atoms with Crippen molar-refractivity contribution in [2.45, 2.75) is 25.3 Å². The molecule has 108 valence electrons. The van der Waals surface area contributed by atoms with Gasteiger partial charge in [-0.3, -0.25) is 4.68 Å². The highest BCUT2D eigenvalue weighted by Crippen LogP contribution is 2.33. The average Bonchev–Trinajstić information content (AvgIpc) is 2.93. The van der Waals surface area contributed by atoms with Crippen LogP contribution in [0.3, 0.4) is 0 Å². The van der Waals surface area contributed by atoms with Gasteiger partial charge in [-0.2, -0.15) is 5.10 Å². The minimum absolute atomic E-state index is 0.00614. The number of nitrogens with zero attached hydrogens (tertiary/aromatic N) is 2. The number of hydrogen-bond acceptors (Lipinski definition) is 1. The monoisotopic (exact) mass is 418 g/mol. The van der Waals surface area contributed by atoms with Crippen LogP contribution in [0.15, 0.2) is 36.7 Å². The molecule has 0 saturated heterocycles. The highest BCUT2D eigenvalue weighted by Gasteiger charge is 2.31. The van der Waals surface area contributed by atoms with Crippen molar-refractivity contribution in [1.82, 2.24) is 9.78 Å². The lowest BCUT2D eigenvalue weighted by Crippen LogP contribution is -2.32. The Labute approximate surface area is 141 Å². The summed E-state index contributed by atoms with van der Waals surface area (Å²) in [6.45, 7) is 2.99. The van der Waals surface area contributed by atoms with Crippen molar-refractivity contribution in [1.29, 1.82) is 0 Å². The minimum atomic E-state index is 0.00614. The fourth-order valence-corrected chi connectivity index (χ4v) is 4.35. The van der Waals surface area contributed by atoms with Gasteiger partial charge in [-0.15, -0.1) is 0 Å². The van der Waals surface area contributed by atoms with E-state index in [4.69, 9.17) is 11.6 Å². The maximum Gasteiger partial charge on any atom is 0.0522 e. The van der Waals surface area contributed by atoms with Gasteiger partial charge >= 0.3 is 0 Å². The first-order chi connectivity index (χ1) is 9.63. The van der Waals surface area contributed by atoms with Gasteiger partial charge in [0.15, 0.2) is 0 Å². The zero-order valence-electron chi connectivity index (χ0n) is 11.3. The Hall–Kier alpha value is -0.320. The van der Waals surface area contributed by atoms with E-state index in [0.29, 0.717) is 0 Å². The number of hydrogen-bond donors (Lipinski definition) is 0. The van der Waals surface area contributed by atoms with E-state index in [2.05, 4.69) is 62.2 Å². The third kappa shape index (κ3) is 3.46. The Kier molecular flexibility index (Phi) is 5.70. The molecule has 2 nitrogen and oxygen atoms in total. The van der Waals surface area contributed by atoms with E-state index in [1.807, 2.05) is 23.0 Å². The molecule has 0 aliphatic carbocycles. The van der Waals surface area contributed by atoms with Crippen LogP contribution in [0.1, 0.15) is 18.1 Å². The number of alkyl halides is 2. The largest absolute Gasteiger partial charge is 0.273 e. The van der Waals surface area contributed by atoms with Gasteiger partial charge in [0.05, 0.1) is 6.20 Å².